The van der Waals surface area contributed by atoms with Crippen molar-refractivity contribution in [3.8, 4) is 0 Å². The number of hydrogen-bond donors (Lipinski definition) is 1. The summed E-state index contributed by atoms with van der Waals surface area (Å²) in [7, 11) is -4.42. The van der Waals surface area contributed by atoms with Gasteiger partial charge in [-0.05, 0) is 37.1 Å². The molecule has 4 aromatic rings. The monoisotopic (exact) mass is 750 g/mol. The van der Waals surface area contributed by atoms with E-state index in [1.807, 2.05) is 37.3 Å². The Kier molecular flexibility index (Phi) is 12.8. The van der Waals surface area contributed by atoms with Gasteiger partial charge in [-0.2, -0.15) is 8.42 Å². The third-order valence-corrected chi connectivity index (χ3v) is 9.85. The lowest BCUT2D eigenvalue weighted by Crippen LogP contribution is -2.53. The molecule has 0 aliphatic carbocycles. The largest absolute Gasteiger partial charge is 0.466 e. The van der Waals surface area contributed by atoms with E-state index in [-0.39, 0.29) is 36.7 Å². The molecule has 1 aliphatic heterocycles. The number of nitrogens with zero attached hydrogens (tertiary/aromatic N) is 1. The van der Waals surface area contributed by atoms with Crippen molar-refractivity contribution >= 4 is 22.1 Å². The van der Waals surface area contributed by atoms with Gasteiger partial charge in [0.05, 0.1) is 30.8 Å². The summed E-state index contributed by atoms with van der Waals surface area (Å²) < 4.78 is 64.8. The summed E-state index contributed by atoms with van der Waals surface area (Å²) in [5, 5.41) is 0. The van der Waals surface area contributed by atoms with Crippen LogP contribution in [0.2, 0.25) is 0 Å². The number of H-pyrrole nitrogens is 1. The third-order valence-electron chi connectivity index (χ3n) is 8.57. The highest BCUT2D eigenvalue weighted by Gasteiger charge is 2.60. The Morgan fingerprint density at radius 3 is 2.21 bits per heavy atom. The zero-order chi connectivity index (χ0) is 38.2. The molecular formula is C38H42N2O12S. The number of esters is 2. The Bertz CT molecular complexity index is 2090. The van der Waals surface area contributed by atoms with Crippen molar-refractivity contribution in [2.75, 3.05) is 19.8 Å². The summed E-state index contributed by atoms with van der Waals surface area (Å²) in [5.41, 5.74) is -1.01. The molecule has 0 radical (unpaired) electrons. The summed E-state index contributed by atoms with van der Waals surface area (Å²) in [6.07, 6.45) is -3.76. The first-order chi connectivity index (χ1) is 25.3. The van der Waals surface area contributed by atoms with Gasteiger partial charge in [0.25, 0.3) is 15.7 Å². The van der Waals surface area contributed by atoms with E-state index >= 15 is 0 Å². The molecule has 1 unspecified atom stereocenters. The summed E-state index contributed by atoms with van der Waals surface area (Å²) in [6, 6.07) is 24.2. The Balaban J connectivity index is 1.65. The smallest absolute Gasteiger partial charge is 0.330 e. The molecule has 53 heavy (non-hydrogen) atoms. The van der Waals surface area contributed by atoms with Crippen molar-refractivity contribution < 1.29 is 45.9 Å². The fraction of sp³-hybridized carbons (Fsp3) is 0.368. The minimum atomic E-state index is -4.42. The van der Waals surface area contributed by atoms with E-state index in [0.29, 0.717) is 5.56 Å². The summed E-state index contributed by atoms with van der Waals surface area (Å²) >= 11 is 0. The average molecular weight is 751 g/mol. The molecule has 5 atom stereocenters. The number of rotatable bonds is 16. The maximum Gasteiger partial charge on any atom is 0.330 e. The highest BCUT2D eigenvalue weighted by molar-refractivity contribution is 7.86. The SMILES string of the molecule is CC(=O)OCCC(O[C@H]1[C@@H](OC(C)=O)[C@H](n2cc(C)c(=O)[nH]c2=O)O[C@@]1(COCc1ccccc1)COS(=O)(=O)c1ccc(C)cc1)c1ccccc1. The molecule has 282 valence electrons. The second-order valence-electron chi connectivity index (χ2n) is 12.7. The Hall–Kier alpha value is -4.93. The molecule has 0 amide bonds. The standard InChI is InChI=1S/C38H42N2O12S/c1-25-15-17-31(18-16-25)53(45,46)49-24-38(23-47-22-29-11-7-5-8-12-29)34(51-32(19-20-48-27(3)41)30-13-9-6-10-14-30)33(50-28(4)42)36(52-38)40-21-26(2)35(43)39-37(40)44/h5-18,21,32-34,36H,19-20,22-24H2,1-4H3,(H,39,43,44)/t32?,33-,34+,36-,38+/m1/s1. The van der Waals surface area contributed by atoms with E-state index in [0.717, 1.165) is 22.6 Å². The second kappa shape index (κ2) is 17.3. The molecule has 1 fully saturated rings. The first-order valence-electron chi connectivity index (χ1n) is 16.9. The predicted molar refractivity (Wildman–Crippen MR) is 190 cm³/mol. The molecule has 1 aliphatic rings. The molecule has 0 saturated carbocycles. The number of carbonyl (C=O) groups is 2. The van der Waals surface area contributed by atoms with Gasteiger partial charge >= 0.3 is 17.6 Å². The van der Waals surface area contributed by atoms with Crippen LogP contribution in [-0.2, 0) is 54.2 Å². The Morgan fingerprint density at radius 1 is 0.906 bits per heavy atom. The van der Waals surface area contributed by atoms with Crippen LogP contribution in [0.25, 0.3) is 0 Å². The number of aryl methyl sites for hydroxylation is 2. The van der Waals surface area contributed by atoms with Gasteiger partial charge in [0, 0.05) is 32.0 Å². The molecule has 0 spiro atoms. The van der Waals surface area contributed by atoms with Crippen LogP contribution in [0.4, 0.5) is 0 Å². The number of hydrogen-bond acceptors (Lipinski definition) is 12. The molecule has 1 aromatic heterocycles. The molecule has 2 heterocycles. The third kappa shape index (κ3) is 9.94. The molecule has 0 bridgehead atoms. The van der Waals surface area contributed by atoms with Crippen LogP contribution in [-0.4, -0.2) is 67.5 Å². The van der Waals surface area contributed by atoms with E-state index in [4.69, 9.17) is 27.9 Å². The summed E-state index contributed by atoms with van der Waals surface area (Å²) in [4.78, 5) is 52.4. The minimum absolute atomic E-state index is 0.0541. The lowest BCUT2D eigenvalue weighted by atomic mass is 9.95. The average Bonchev–Trinajstić information content (AvgIpc) is 3.41. The molecule has 5 rings (SSSR count). The van der Waals surface area contributed by atoms with Crippen molar-refractivity contribution in [2.24, 2.45) is 0 Å². The normalized spacial score (nSPS) is 20.5. The second-order valence-corrected chi connectivity index (χ2v) is 14.3. The van der Waals surface area contributed by atoms with E-state index in [9.17, 15) is 27.6 Å². The number of carbonyl (C=O) groups excluding carboxylic acids is 2. The lowest BCUT2D eigenvalue weighted by Gasteiger charge is -2.36. The van der Waals surface area contributed by atoms with Crippen molar-refractivity contribution in [3.05, 3.63) is 134 Å². The highest BCUT2D eigenvalue weighted by Crippen LogP contribution is 2.44. The van der Waals surface area contributed by atoms with Gasteiger partial charge in [-0.3, -0.25) is 28.1 Å². The van der Waals surface area contributed by atoms with Crippen LogP contribution in [0, 0.1) is 13.8 Å². The van der Waals surface area contributed by atoms with Crippen LogP contribution >= 0.6 is 0 Å². The van der Waals surface area contributed by atoms with Gasteiger partial charge < -0.3 is 23.7 Å². The van der Waals surface area contributed by atoms with E-state index in [1.165, 1.54) is 32.2 Å². The molecular weight excluding hydrogens is 708 g/mol. The van der Waals surface area contributed by atoms with Crippen molar-refractivity contribution in [1.29, 1.82) is 0 Å². The molecule has 1 N–H and O–H groups in total. The maximum absolute atomic E-state index is 13.7. The first-order valence-corrected chi connectivity index (χ1v) is 18.3. The minimum Gasteiger partial charge on any atom is -0.466 e. The fourth-order valence-corrected chi connectivity index (χ4v) is 6.89. The van der Waals surface area contributed by atoms with Crippen LogP contribution in [0.3, 0.4) is 0 Å². The van der Waals surface area contributed by atoms with Gasteiger partial charge in [-0.25, -0.2) is 4.79 Å². The zero-order valence-electron chi connectivity index (χ0n) is 29.8. The number of benzene rings is 3. The van der Waals surface area contributed by atoms with Crippen LogP contribution in [0.1, 0.15) is 54.9 Å². The van der Waals surface area contributed by atoms with Gasteiger partial charge in [0.1, 0.15) is 18.3 Å². The van der Waals surface area contributed by atoms with Crippen molar-refractivity contribution in [3.63, 3.8) is 0 Å². The van der Waals surface area contributed by atoms with Crippen molar-refractivity contribution in [1.82, 2.24) is 9.55 Å². The van der Waals surface area contributed by atoms with Crippen LogP contribution in [0.5, 0.6) is 0 Å². The number of nitrogens with one attached hydrogen (secondary N) is 1. The molecule has 14 nitrogen and oxygen atoms in total. The number of aromatic amines is 1. The summed E-state index contributed by atoms with van der Waals surface area (Å²) in [5.74, 6) is -1.28. The summed E-state index contributed by atoms with van der Waals surface area (Å²) in [6.45, 7) is 4.62. The number of ether oxygens (including phenoxy) is 5. The first kappa shape index (κ1) is 39.3. The number of aromatic nitrogens is 2. The zero-order valence-corrected chi connectivity index (χ0v) is 30.6. The molecule has 1 saturated heterocycles. The van der Waals surface area contributed by atoms with E-state index < -0.39 is 70.1 Å². The fourth-order valence-electron chi connectivity index (χ4n) is 5.93. The van der Waals surface area contributed by atoms with Crippen molar-refractivity contribution in [2.45, 2.75) is 75.8 Å². The Morgan fingerprint density at radius 2 is 1.57 bits per heavy atom. The predicted octanol–water partition coefficient (Wildman–Crippen LogP) is 4.05. The Labute approximate surface area is 306 Å². The van der Waals surface area contributed by atoms with Gasteiger partial charge in [0.2, 0.25) is 0 Å². The highest BCUT2D eigenvalue weighted by atomic mass is 32.2. The van der Waals surface area contributed by atoms with Gasteiger partial charge in [-0.1, -0.05) is 78.4 Å². The van der Waals surface area contributed by atoms with E-state index in [2.05, 4.69) is 4.98 Å². The molecule has 15 heteroatoms. The van der Waals surface area contributed by atoms with Crippen LogP contribution in [0.15, 0.2) is 106 Å². The van der Waals surface area contributed by atoms with Crippen LogP contribution < -0.4 is 11.2 Å². The quantitative estimate of drug-likeness (QED) is 0.129. The topological polar surface area (TPSA) is 179 Å². The van der Waals surface area contributed by atoms with Gasteiger partial charge in [0.15, 0.2) is 12.3 Å². The van der Waals surface area contributed by atoms with Gasteiger partial charge in [-0.15, -0.1) is 0 Å². The molecule has 3 aromatic carbocycles. The lowest BCUT2D eigenvalue weighted by molar-refractivity contribution is -0.183. The van der Waals surface area contributed by atoms with E-state index in [1.54, 1.807) is 42.5 Å². The maximum atomic E-state index is 13.7.